The third-order valence-electron chi connectivity index (χ3n) is 4.94. The lowest BCUT2D eigenvalue weighted by Gasteiger charge is -2.28. The van der Waals surface area contributed by atoms with Crippen LogP contribution in [-0.4, -0.2) is 11.9 Å². The molecule has 2 aromatic carbocycles. The molecule has 0 bridgehead atoms. The molecular formula is C21H26N2O. The van der Waals surface area contributed by atoms with Crippen molar-refractivity contribution in [3.8, 4) is 0 Å². The molecule has 3 N–H and O–H groups in total. The van der Waals surface area contributed by atoms with Crippen molar-refractivity contribution in [3.63, 3.8) is 0 Å². The van der Waals surface area contributed by atoms with Gasteiger partial charge in [-0.15, -0.1) is 0 Å². The summed E-state index contributed by atoms with van der Waals surface area (Å²) < 4.78 is 0. The van der Waals surface area contributed by atoms with Gasteiger partial charge in [-0.1, -0.05) is 61.4 Å². The average Bonchev–Trinajstić information content (AvgIpc) is 2.60. The van der Waals surface area contributed by atoms with E-state index in [4.69, 9.17) is 5.73 Å². The molecule has 3 heteroatoms. The second kappa shape index (κ2) is 8.11. The summed E-state index contributed by atoms with van der Waals surface area (Å²) in [6.45, 7) is 0. The summed E-state index contributed by atoms with van der Waals surface area (Å²) in [5.41, 5.74) is 9.47. The highest BCUT2D eigenvalue weighted by Crippen LogP contribution is 2.26. The first-order chi connectivity index (χ1) is 11.7. The maximum absolute atomic E-state index is 12.5. The summed E-state index contributed by atoms with van der Waals surface area (Å²) in [5.74, 6) is 0.401. The van der Waals surface area contributed by atoms with E-state index in [-0.39, 0.29) is 11.9 Å². The molecule has 0 heterocycles. The van der Waals surface area contributed by atoms with Gasteiger partial charge >= 0.3 is 0 Å². The summed E-state index contributed by atoms with van der Waals surface area (Å²) in [6, 6.07) is 18.5. The molecule has 2 unspecified atom stereocenters. The molecule has 2 atom stereocenters. The van der Waals surface area contributed by atoms with Crippen LogP contribution < -0.4 is 11.1 Å². The van der Waals surface area contributed by atoms with Crippen LogP contribution in [0.25, 0.3) is 0 Å². The van der Waals surface area contributed by atoms with Gasteiger partial charge in [-0.25, -0.2) is 0 Å². The van der Waals surface area contributed by atoms with Crippen LogP contribution >= 0.6 is 0 Å². The molecule has 1 amide bonds. The molecular weight excluding hydrogens is 296 g/mol. The van der Waals surface area contributed by atoms with Crippen molar-refractivity contribution in [1.29, 1.82) is 0 Å². The smallest absolute Gasteiger partial charge is 0.224 e. The van der Waals surface area contributed by atoms with E-state index in [0.717, 1.165) is 30.5 Å². The Morgan fingerprint density at radius 3 is 2.50 bits per heavy atom. The number of carbonyl (C=O) groups excluding carboxylic acids is 1. The third kappa shape index (κ3) is 4.45. The molecule has 0 aromatic heterocycles. The van der Waals surface area contributed by atoms with E-state index in [9.17, 15) is 4.79 Å². The predicted octanol–water partition coefficient (Wildman–Crippen LogP) is 4.12. The Kier molecular flexibility index (Phi) is 5.65. The van der Waals surface area contributed by atoms with Gasteiger partial charge in [0.1, 0.15) is 0 Å². The van der Waals surface area contributed by atoms with Crippen molar-refractivity contribution < 1.29 is 4.79 Å². The SMILES string of the molecule is NC1CCCCC1CC(=O)Nc1ccccc1Cc1ccccc1. The second-order valence-electron chi connectivity index (χ2n) is 6.78. The first kappa shape index (κ1) is 16.7. The Balaban J connectivity index is 1.65. The first-order valence-corrected chi connectivity index (χ1v) is 8.89. The van der Waals surface area contributed by atoms with Gasteiger partial charge in [-0.3, -0.25) is 4.79 Å². The van der Waals surface area contributed by atoms with Gasteiger partial charge in [-0.05, 0) is 42.4 Å². The molecule has 0 radical (unpaired) electrons. The number of nitrogens with two attached hydrogens (primary N) is 1. The van der Waals surface area contributed by atoms with Crippen LogP contribution in [0.2, 0.25) is 0 Å². The number of rotatable bonds is 5. The Bertz CT molecular complexity index is 669. The Hall–Kier alpha value is -2.13. The molecule has 0 saturated heterocycles. The molecule has 3 nitrogen and oxygen atoms in total. The van der Waals surface area contributed by atoms with Gasteiger partial charge in [0, 0.05) is 18.2 Å². The van der Waals surface area contributed by atoms with Crippen LogP contribution in [-0.2, 0) is 11.2 Å². The van der Waals surface area contributed by atoms with E-state index in [1.54, 1.807) is 0 Å². The van der Waals surface area contributed by atoms with Gasteiger partial charge in [-0.2, -0.15) is 0 Å². The van der Waals surface area contributed by atoms with Crippen LogP contribution in [0, 0.1) is 5.92 Å². The zero-order valence-corrected chi connectivity index (χ0v) is 14.1. The minimum absolute atomic E-state index is 0.0814. The lowest BCUT2D eigenvalue weighted by molar-refractivity contribution is -0.117. The topological polar surface area (TPSA) is 55.1 Å². The van der Waals surface area contributed by atoms with Crippen molar-refractivity contribution >= 4 is 11.6 Å². The molecule has 1 aliphatic carbocycles. The fourth-order valence-electron chi connectivity index (χ4n) is 3.54. The standard InChI is InChI=1S/C21H26N2O/c22-19-12-6-4-10-17(19)15-21(24)23-20-13-7-5-11-18(20)14-16-8-2-1-3-9-16/h1-3,5,7-9,11,13,17,19H,4,6,10,12,14-15,22H2,(H,23,24). The summed E-state index contributed by atoms with van der Waals surface area (Å²) in [6.07, 6.45) is 5.85. The molecule has 3 rings (SSSR count). The number of benzene rings is 2. The molecule has 24 heavy (non-hydrogen) atoms. The lowest BCUT2D eigenvalue weighted by Crippen LogP contribution is -2.35. The Labute approximate surface area is 144 Å². The van der Waals surface area contributed by atoms with Crippen molar-refractivity contribution in [2.45, 2.75) is 44.6 Å². The van der Waals surface area contributed by atoms with Gasteiger partial charge in [0.25, 0.3) is 0 Å². The number of nitrogens with one attached hydrogen (secondary N) is 1. The average molecular weight is 322 g/mol. The number of hydrogen-bond acceptors (Lipinski definition) is 2. The normalized spacial score (nSPS) is 20.5. The molecule has 126 valence electrons. The van der Waals surface area contributed by atoms with E-state index in [2.05, 4.69) is 23.5 Å². The number of hydrogen-bond donors (Lipinski definition) is 2. The highest BCUT2D eigenvalue weighted by molar-refractivity contribution is 5.91. The van der Waals surface area contributed by atoms with Gasteiger partial charge in [0.2, 0.25) is 5.91 Å². The zero-order chi connectivity index (χ0) is 16.8. The monoisotopic (exact) mass is 322 g/mol. The summed E-state index contributed by atoms with van der Waals surface area (Å²) in [4.78, 5) is 12.5. The second-order valence-corrected chi connectivity index (χ2v) is 6.78. The fraction of sp³-hybridized carbons (Fsp3) is 0.381. The lowest BCUT2D eigenvalue weighted by atomic mass is 9.83. The van der Waals surface area contributed by atoms with E-state index in [1.807, 2.05) is 36.4 Å². The summed E-state index contributed by atoms with van der Waals surface area (Å²) >= 11 is 0. The maximum Gasteiger partial charge on any atom is 0.224 e. The fourth-order valence-corrected chi connectivity index (χ4v) is 3.54. The van der Waals surface area contributed by atoms with Crippen molar-refractivity contribution in [2.75, 3.05) is 5.32 Å². The zero-order valence-electron chi connectivity index (χ0n) is 14.1. The van der Waals surface area contributed by atoms with Crippen molar-refractivity contribution in [1.82, 2.24) is 0 Å². The number of anilines is 1. The van der Waals surface area contributed by atoms with Crippen LogP contribution in [0.3, 0.4) is 0 Å². The van der Waals surface area contributed by atoms with Crippen LogP contribution in [0.5, 0.6) is 0 Å². The molecule has 1 aliphatic rings. The summed E-state index contributed by atoms with van der Waals surface area (Å²) in [5, 5.41) is 3.10. The van der Waals surface area contributed by atoms with Gasteiger partial charge in [0.05, 0.1) is 0 Å². The van der Waals surface area contributed by atoms with E-state index in [1.165, 1.54) is 18.4 Å². The van der Waals surface area contributed by atoms with Crippen LogP contribution in [0.15, 0.2) is 54.6 Å². The minimum Gasteiger partial charge on any atom is -0.327 e. The summed E-state index contributed by atoms with van der Waals surface area (Å²) in [7, 11) is 0. The molecule has 0 aliphatic heterocycles. The molecule has 2 aromatic rings. The Morgan fingerprint density at radius 1 is 1.00 bits per heavy atom. The van der Waals surface area contributed by atoms with Crippen molar-refractivity contribution in [2.24, 2.45) is 11.7 Å². The Morgan fingerprint density at radius 2 is 1.71 bits per heavy atom. The van der Waals surface area contributed by atoms with E-state index in [0.29, 0.717) is 12.3 Å². The van der Waals surface area contributed by atoms with E-state index >= 15 is 0 Å². The maximum atomic E-state index is 12.5. The van der Waals surface area contributed by atoms with Crippen molar-refractivity contribution in [3.05, 3.63) is 65.7 Å². The molecule has 1 fully saturated rings. The third-order valence-corrected chi connectivity index (χ3v) is 4.94. The molecule has 0 spiro atoms. The predicted molar refractivity (Wildman–Crippen MR) is 98.9 cm³/mol. The molecule has 1 saturated carbocycles. The first-order valence-electron chi connectivity index (χ1n) is 8.89. The van der Waals surface area contributed by atoms with Crippen LogP contribution in [0.4, 0.5) is 5.69 Å². The van der Waals surface area contributed by atoms with E-state index < -0.39 is 0 Å². The van der Waals surface area contributed by atoms with Crippen LogP contribution in [0.1, 0.15) is 43.2 Å². The van der Waals surface area contributed by atoms with Gasteiger partial charge in [0.15, 0.2) is 0 Å². The minimum atomic E-state index is 0.0814. The number of para-hydroxylation sites is 1. The largest absolute Gasteiger partial charge is 0.327 e. The van der Waals surface area contributed by atoms with Gasteiger partial charge < -0.3 is 11.1 Å². The quantitative estimate of drug-likeness (QED) is 0.870. The number of carbonyl (C=O) groups is 1. The highest BCUT2D eigenvalue weighted by Gasteiger charge is 2.24. The number of amides is 1. The highest BCUT2D eigenvalue weighted by atomic mass is 16.1.